The van der Waals surface area contributed by atoms with Crippen LogP contribution in [0.1, 0.15) is 6.92 Å². The van der Waals surface area contributed by atoms with Crippen molar-refractivity contribution in [1.82, 2.24) is 0 Å². The van der Waals surface area contributed by atoms with Gasteiger partial charge in [-0.3, -0.25) is 0 Å². The fourth-order valence-electron chi connectivity index (χ4n) is 3.02. The fourth-order valence-corrected chi connectivity index (χ4v) is 3.02. The zero-order chi connectivity index (χ0) is 21.3. The lowest BCUT2D eigenvalue weighted by atomic mass is 9.88. The van der Waals surface area contributed by atoms with E-state index in [1.54, 1.807) is 6.92 Å². The first-order chi connectivity index (χ1) is 13.7. The van der Waals surface area contributed by atoms with Crippen LogP contribution in [-0.4, -0.2) is 93.6 Å². The minimum Gasteiger partial charge on any atom is -0.504 e. The van der Waals surface area contributed by atoms with Crippen molar-refractivity contribution < 1.29 is 54.0 Å². The first kappa shape index (κ1) is 21.9. The van der Waals surface area contributed by atoms with Crippen molar-refractivity contribution >= 4 is 0 Å². The van der Waals surface area contributed by atoms with Gasteiger partial charge in [-0.05, 0) is 0 Å². The molecule has 0 amide bonds. The monoisotopic (exact) mass is 420 g/mol. The van der Waals surface area contributed by atoms with Crippen molar-refractivity contribution in [2.24, 2.45) is 5.41 Å². The third-order valence-electron chi connectivity index (χ3n) is 5.06. The fraction of sp³-hybridized carbons (Fsp3) is 0.706. The van der Waals surface area contributed by atoms with E-state index < -0.39 is 65.6 Å². The first-order valence-electron chi connectivity index (χ1n) is 8.87. The summed E-state index contributed by atoms with van der Waals surface area (Å²) in [5, 5.41) is 59.6. The van der Waals surface area contributed by atoms with Gasteiger partial charge in [0.05, 0.1) is 26.1 Å². The second-order valence-electron chi connectivity index (χ2n) is 7.32. The summed E-state index contributed by atoms with van der Waals surface area (Å²) < 4.78 is 25.8. The number of hydrogen-bond acceptors (Lipinski definition) is 12. The molecule has 8 unspecified atom stereocenters. The molecule has 12 heteroatoms. The van der Waals surface area contributed by atoms with Gasteiger partial charge in [0.2, 0.25) is 12.0 Å². The van der Waals surface area contributed by atoms with Gasteiger partial charge in [-0.2, -0.15) is 0 Å². The average molecular weight is 420 g/mol. The molecule has 1 aromatic heterocycles. The van der Waals surface area contributed by atoms with Gasteiger partial charge in [0.15, 0.2) is 12.0 Å². The summed E-state index contributed by atoms with van der Waals surface area (Å²) in [7, 11) is 0. The molecule has 2 aliphatic heterocycles. The summed E-state index contributed by atoms with van der Waals surface area (Å²) in [5.74, 6) is -1.22. The molecule has 1 aromatic rings. The molecule has 164 valence electrons. The third kappa shape index (κ3) is 4.25. The summed E-state index contributed by atoms with van der Waals surface area (Å²) in [4.78, 5) is 11.7. The van der Waals surface area contributed by atoms with Gasteiger partial charge in [-0.25, -0.2) is 4.79 Å². The smallest absolute Gasteiger partial charge is 0.382 e. The molecule has 0 aromatic carbocycles. The average Bonchev–Trinajstić information content (AvgIpc) is 2.99. The van der Waals surface area contributed by atoms with Gasteiger partial charge in [0, 0.05) is 11.5 Å². The van der Waals surface area contributed by atoms with Crippen LogP contribution in [0.2, 0.25) is 0 Å². The highest BCUT2D eigenvalue weighted by molar-refractivity contribution is 5.33. The van der Waals surface area contributed by atoms with Gasteiger partial charge in [-0.1, -0.05) is 6.92 Å². The Morgan fingerprint density at radius 1 is 1.17 bits per heavy atom. The summed E-state index contributed by atoms with van der Waals surface area (Å²) in [6.45, 7) is 0.929. The second kappa shape index (κ2) is 8.53. The van der Waals surface area contributed by atoms with Gasteiger partial charge >= 0.3 is 5.63 Å². The molecule has 29 heavy (non-hydrogen) atoms. The largest absolute Gasteiger partial charge is 0.504 e. The molecule has 3 rings (SSSR count). The van der Waals surface area contributed by atoms with E-state index in [9.17, 15) is 35.4 Å². The van der Waals surface area contributed by atoms with Crippen LogP contribution < -0.4 is 10.4 Å². The number of aromatic hydroxyl groups is 1. The maximum absolute atomic E-state index is 11.7. The van der Waals surface area contributed by atoms with E-state index in [1.807, 2.05) is 0 Å². The van der Waals surface area contributed by atoms with Gasteiger partial charge in [0.25, 0.3) is 0 Å². The normalized spacial score (nSPS) is 40.1. The molecular weight excluding hydrogens is 396 g/mol. The van der Waals surface area contributed by atoms with E-state index >= 15 is 0 Å². The number of ether oxygens (including phenoxy) is 4. The summed E-state index contributed by atoms with van der Waals surface area (Å²) in [6, 6.07) is 1.04. The lowest BCUT2D eigenvalue weighted by Crippen LogP contribution is -2.60. The minimum atomic E-state index is -1.76. The standard InChI is InChI=1S/C17H24O12/c1-17(5-18)6-27-16(13(17)23)26-4-8-9(20)10(21)11(22)15(28-8)29-12-7(19)2-3-25-14(12)24/h2-3,8-11,13,15-16,18-23H,4-6H2,1H3. The topological polar surface area (TPSA) is 189 Å². The van der Waals surface area contributed by atoms with Crippen LogP contribution in [0.25, 0.3) is 0 Å². The van der Waals surface area contributed by atoms with Crippen molar-refractivity contribution in [1.29, 1.82) is 0 Å². The number of rotatable bonds is 6. The lowest BCUT2D eigenvalue weighted by Gasteiger charge is -2.40. The van der Waals surface area contributed by atoms with Crippen LogP contribution in [0.3, 0.4) is 0 Å². The van der Waals surface area contributed by atoms with Crippen LogP contribution in [-0.2, 0) is 14.2 Å². The van der Waals surface area contributed by atoms with Crippen molar-refractivity contribution in [3.63, 3.8) is 0 Å². The zero-order valence-electron chi connectivity index (χ0n) is 15.5. The van der Waals surface area contributed by atoms with Crippen LogP contribution in [0.5, 0.6) is 11.5 Å². The molecule has 6 N–H and O–H groups in total. The van der Waals surface area contributed by atoms with E-state index in [0.29, 0.717) is 0 Å². The highest BCUT2D eigenvalue weighted by Gasteiger charge is 2.49. The highest BCUT2D eigenvalue weighted by Crippen LogP contribution is 2.33. The SMILES string of the molecule is CC1(CO)COC(OCC2OC(Oc3c(O)ccoc3=O)C(O)C(O)C2O)C1O. The Kier molecular flexibility index (Phi) is 6.45. The van der Waals surface area contributed by atoms with Crippen LogP contribution in [0.4, 0.5) is 0 Å². The Labute approximate surface area is 164 Å². The number of hydrogen-bond donors (Lipinski definition) is 6. The molecule has 12 nitrogen and oxygen atoms in total. The molecule has 2 saturated heterocycles. The van der Waals surface area contributed by atoms with E-state index in [2.05, 4.69) is 4.42 Å². The highest BCUT2D eigenvalue weighted by atomic mass is 16.7. The molecule has 0 spiro atoms. The van der Waals surface area contributed by atoms with Gasteiger partial charge in [0.1, 0.15) is 30.5 Å². The predicted molar refractivity (Wildman–Crippen MR) is 90.8 cm³/mol. The molecule has 8 atom stereocenters. The van der Waals surface area contributed by atoms with Gasteiger partial charge < -0.3 is 54.0 Å². The zero-order valence-corrected chi connectivity index (χ0v) is 15.5. The third-order valence-corrected chi connectivity index (χ3v) is 5.06. The molecule has 0 aliphatic carbocycles. The number of aliphatic hydroxyl groups excluding tert-OH is 5. The van der Waals surface area contributed by atoms with Crippen molar-refractivity contribution in [2.45, 2.75) is 50.0 Å². The summed E-state index contributed by atoms with van der Waals surface area (Å²) >= 11 is 0. The molecule has 0 saturated carbocycles. The van der Waals surface area contributed by atoms with Crippen molar-refractivity contribution in [3.05, 3.63) is 22.7 Å². The Hall–Kier alpha value is -1.77. The lowest BCUT2D eigenvalue weighted by molar-refractivity contribution is -0.289. The molecule has 2 fully saturated rings. The van der Waals surface area contributed by atoms with Crippen LogP contribution in [0, 0.1) is 5.41 Å². The Morgan fingerprint density at radius 3 is 2.52 bits per heavy atom. The number of aliphatic hydroxyl groups is 5. The molecule has 0 bridgehead atoms. The first-order valence-corrected chi connectivity index (χ1v) is 8.87. The van der Waals surface area contributed by atoms with E-state index in [-0.39, 0.29) is 19.8 Å². The van der Waals surface area contributed by atoms with E-state index in [1.165, 1.54) is 0 Å². The van der Waals surface area contributed by atoms with E-state index in [0.717, 1.165) is 12.3 Å². The molecule has 0 radical (unpaired) electrons. The minimum absolute atomic E-state index is 0.0412. The Bertz CT molecular complexity index is 752. The maximum atomic E-state index is 11.7. The van der Waals surface area contributed by atoms with Crippen molar-refractivity contribution in [3.8, 4) is 11.5 Å². The predicted octanol–water partition coefficient (Wildman–Crippen LogP) is -2.74. The summed E-state index contributed by atoms with van der Waals surface area (Å²) in [6.07, 6.45) is -9.29. The van der Waals surface area contributed by atoms with Gasteiger partial charge in [-0.15, -0.1) is 0 Å². The molecular formula is C17H24O12. The van der Waals surface area contributed by atoms with E-state index in [4.69, 9.17) is 18.9 Å². The maximum Gasteiger partial charge on any atom is 0.382 e. The van der Waals surface area contributed by atoms with Crippen LogP contribution >= 0.6 is 0 Å². The summed E-state index contributed by atoms with van der Waals surface area (Å²) in [5.41, 5.74) is -1.96. The van der Waals surface area contributed by atoms with Crippen LogP contribution in [0.15, 0.2) is 21.5 Å². The quantitative estimate of drug-likeness (QED) is 0.279. The van der Waals surface area contributed by atoms with Crippen molar-refractivity contribution in [2.75, 3.05) is 19.8 Å². The Morgan fingerprint density at radius 2 is 1.90 bits per heavy atom. The molecule has 3 heterocycles. The molecule has 2 aliphatic rings. The Balaban J connectivity index is 1.67. The second-order valence-corrected chi connectivity index (χ2v) is 7.32.